The Morgan fingerprint density at radius 1 is 1.23 bits per heavy atom. The van der Waals surface area contributed by atoms with Crippen molar-refractivity contribution in [1.29, 1.82) is 5.26 Å². The summed E-state index contributed by atoms with van der Waals surface area (Å²) in [7, 11) is 1.63. The van der Waals surface area contributed by atoms with Gasteiger partial charge in [0, 0.05) is 17.9 Å². The quantitative estimate of drug-likeness (QED) is 0.599. The van der Waals surface area contributed by atoms with Crippen molar-refractivity contribution in [1.82, 2.24) is 9.80 Å². The molecule has 2 aliphatic rings. The number of ether oxygens (including phenoxy) is 1. The van der Waals surface area contributed by atoms with Gasteiger partial charge in [0.2, 0.25) is 5.91 Å². The molecular formula is C24H21N3O3S. The second kappa shape index (κ2) is 8.14. The number of amides is 1. The van der Waals surface area contributed by atoms with Crippen LogP contribution in [-0.4, -0.2) is 35.4 Å². The van der Waals surface area contributed by atoms with Crippen molar-refractivity contribution >= 4 is 28.4 Å². The highest BCUT2D eigenvalue weighted by Gasteiger charge is 2.39. The summed E-state index contributed by atoms with van der Waals surface area (Å²) in [6.07, 6.45) is 1.89. The Balaban J connectivity index is 1.55. The largest absolute Gasteiger partial charge is 0.496 e. The normalized spacial score (nSPS) is 19.4. The average Bonchev–Trinajstić information content (AvgIpc) is 3.31. The molecule has 0 radical (unpaired) electrons. The number of allylic oxidation sites excluding steroid dienone is 1. The lowest BCUT2D eigenvalue weighted by Crippen LogP contribution is -2.46. The molecule has 0 bridgehead atoms. The Morgan fingerprint density at radius 3 is 2.87 bits per heavy atom. The van der Waals surface area contributed by atoms with Crippen LogP contribution >= 0.6 is 11.8 Å². The first-order valence-electron chi connectivity index (χ1n) is 10.1. The minimum atomic E-state index is -0.325. The average molecular weight is 432 g/mol. The number of benzene rings is 2. The minimum absolute atomic E-state index is 0.0191. The van der Waals surface area contributed by atoms with Gasteiger partial charge in [0.15, 0.2) is 0 Å². The Morgan fingerprint density at radius 2 is 2.10 bits per heavy atom. The van der Waals surface area contributed by atoms with Gasteiger partial charge in [0.1, 0.15) is 11.5 Å². The van der Waals surface area contributed by atoms with E-state index in [-0.39, 0.29) is 18.2 Å². The number of nitrogens with zero attached hydrogens (tertiary/aromatic N) is 3. The Bertz CT molecular complexity index is 1210. The van der Waals surface area contributed by atoms with E-state index >= 15 is 0 Å². The maximum absolute atomic E-state index is 13.2. The standard InChI is InChI=1S/C24H21N3O3S/c1-29-21-9-8-16-5-2-3-7-18(16)23(21)19-11-22(28)27-14-26(13-17-6-4-10-30-17)15-31-24(27)20(19)12-25/h2-10,19H,11,13-15H2,1H3/t19-/m0/s1. The summed E-state index contributed by atoms with van der Waals surface area (Å²) in [4.78, 5) is 17.1. The molecule has 7 heteroatoms. The summed E-state index contributed by atoms with van der Waals surface area (Å²) < 4.78 is 11.1. The summed E-state index contributed by atoms with van der Waals surface area (Å²) in [6, 6.07) is 18.2. The molecule has 0 saturated carbocycles. The Hall–Kier alpha value is -3.21. The molecule has 156 valence electrons. The van der Waals surface area contributed by atoms with Gasteiger partial charge < -0.3 is 9.15 Å². The molecule has 2 aromatic carbocycles. The fourth-order valence-electron chi connectivity index (χ4n) is 4.39. The molecule has 0 unspecified atom stereocenters. The highest BCUT2D eigenvalue weighted by atomic mass is 32.2. The van der Waals surface area contributed by atoms with Crippen LogP contribution in [0.15, 0.2) is 69.8 Å². The van der Waals surface area contributed by atoms with Gasteiger partial charge in [0.05, 0.1) is 49.1 Å². The second-order valence-corrected chi connectivity index (χ2v) is 8.57. The third-order valence-electron chi connectivity index (χ3n) is 5.81. The zero-order valence-corrected chi connectivity index (χ0v) is 17.9. The van der Waals surface area contributed by atoms with Crippen LogP contribution in [0, 0.1) is 11.3 Å². The van der Waals surface area contributed by atoms with Crippen LogP contribution in [0.2, 0.25) is 0 Å². The molecule has 3 aromatic rings. The van der Waals surface area contributed by atoms with Crippen molar-refractivity contribution in [2.24, 2.45) is 0 Å². The number of methoxy groups -OCH3 is 1. The van der Waals surface area contributed by atoms with Crippen LogP contribution in [0.25, 0.3) is 10.8 Å². The van der Waals surface area contributed by atoms with E-state index in [0.29, 0.717) is 30.4 Å². The van der Waals surface area contributed by atoms with E-state index in [0.717, 1.165) is 27.1 Å². The summed E-state index contributed by atoms with van der Waals surface area (Å²) in [5, 5.41) is 13.0. The van der Waals surface area contributed by atoms with E-state index in [2.05, 4.69) is 11.0 Å². The van der Waals surface area contributed by atoms with Crippen molar-refractivity contribution in [3.8, 4) is 11.8 Å². The van der Waals surface area contributed by atoms with E-state index in [1.54, 1.807) is 18.3 Å². The van der Waals surface area contributed by atoms with E-state index in [1.807, 2.05) is 48.5 Å². The van der Waals surface area contributed by atoms with Gasteiger partial charge >= 0.3 is 0 Å². The number of carbonyl (C=O) groups is 1. The Labute approximate surface area is 184 Å². The lowest BCUT2D eigenvalue weighted by molar-refractivity contribution is -0.132. The second-order valence-electron chi connectivity index (χ2n) is 7.63. The van der Waals surface area contributed by atoms with Crippen molar-refractivity contribution in [3.63, 3.8) is 0 Å². The predicted molar refractivity (Wildman–Crippen MR) is 119 cm³/mol. The third-order valence-corrected chi connectivity index (χ3v) is 7.02. The fourth-order valence-corrected chi connectivity index (χ4v) is 5.53. The first-order valence-corrected chi connectivity index (χ1v) is 11.1. The van der Waals surface area contributed by atoms with Crippen molar-refractivity contribution in [3.05, 3.63) is 76.7 Å². The number of hydrogen-bond acceptors (Lipinski definition) is 6. The van der Waals surface area contributed by atoms with E-state index in [1.165, 1.54) is 11.8 Å². The van der Waals surface area contributed by atoms with E-state index < -0.39 is 0 Å². The predicted octanol–water partition coefficient (Wildman–Crippen LogP) is 4.66. The smallest absolute Gasteiger partial charge is 0.229 e. The molecule has 1 saturated heterocycles. The molecule has 1 amide bonds. The molecule has 31 heavy (non-hydrogen) atoms. The van der Waals surface area contributed by atoms with Gasteiger partial charge in [-0.1, -0.05) is 42.1 Å². The summed E-state index contributed by atoms with van der Waals surface area (Å²) in [6.45, 7) is 1.08. The molecule has 0 N–H and O–H groups in total. The van der Waals surface area contributed by atoms with Gasteiger partial charge in [0.25, 0.3) is 0 Å². The maximum atomic E-state index is 13.2. The van der Waals surface area contributed by atoms with E-state index in [9.17, 15) is 10.1 Å². The third kappa shape index (κ3) is 3.48. The van der Waals surface area contributed by atoms with Crippen LogP contribution in [-0.2, 0) is 11.3 Å². The lowest BCUT2D eigenvalue weighted by Gasteiger charge is -2.41. The van der Waals surface area contributed by atoms with Gasteiger partial charge in [-0.15, -0.1) is 0 Å². The first-order chi connectivity index (χ1) is 15.2. The molecule has 5 rings (SSSR count). The van der Waals surface area contributed by atoms with Crippen molar-refractivity contribution < 1.29 is 13.9 Å². The van der Waals surface area contributed by atoms with E-state index in [4.69, 9.17) is 9.15 Å². The lowest BCUT2D eigenvalue weighted by atomic mass is 9.83. The molecule has 1 aromatic heterocycles. The zero-order chi connectivity index (χ0) is 21.4. The molecule has 3 heterocycles. The molecule has 2 aliphatic heterocycles. The van der Waals surface area contributed by atoms with Gasteiger partial charge in [-0.05, 0) is 29.0 Å². The first kappa shape index (κ1) is 19.7. The van der Waals surface area contributed by atoms with Crippen LogP contribution in [0.1, 0.15) is 23.7 Å². The highest BCUT2D eigenvalue weighted by Crippen LogP contribution is 2.46. The number of thioether (sulfide) groups is 1. The number of carbonyl (C=O) groups excluding carboxylic acids is 1. The molecule has 1 fully saturated rings. The zero-order valence-electron chi connectivity index (χ0n) is 17.1. The van der Waals surface area contributed by atoms with Crippen LogP contribution in [0.3, 0.4) is 0 Å². The van der Waals surface area contributed by atoms with Crippen LogP contribution < -0.4 is 4.74 Å². The fraction of sp³-hybridized carbons (Fsp3) is 0.250. The molecule has 6 nitrogen and oxygen atoms in total. The maximum Gasteiger partial charge on any atom is 0.229 e. The number of hydrogen-bond donors (Lipinski definition) is 0. The monoisotopic (exact) mass is 431 g/mol. The number of fused-ring (bicyclic) bond motifs is 2. The van der Waals surface area contributed by atoms with Gasteiger partial charge in [-0.25, -0.2) is 0 Å². The Kier molecular flexibility index (Phi) is 5.18. The summed E-state index contributed by atoms with van der Waals surface area (Å²) >= 11 is 1.54. The molecule has 0 spiro atoms. The highest BCUT2D eigenvalue weighted by molar-refractivity contribution is 8.03. The molecular weight excluding hydrogens is 410 g/mol. The topological polar surface area (TPSA) is 69.7 Å². The van der Waals surface area contributed by atoms with Gasteiger partial charge in [-0.3, -0.25) is 14.6 Å². The minimum Gasteiger partial charge on any atom is -0.496 e. The van der Waals surface area contributed by atoms with Crippen LogP contribution in [0.4, 0.5) is 0 Å². The van der Waals surface area contributed by atoms with Crippen molar-refractivity contribution in [2.75, 3.05) is 19.7 Å². The summed E-state index contributed by atoms with van der Waals surface area (Å²) in [5.74, 6) is 1.94. The summed E-state index contributed by atoms with van der Waals surface area (Å²) in [5.41, 5.74) is 1.55. The SMILES string of the molecule is COc1ccc2ccccc2c1[C@H]1CC(=O)N2CN(Cc3ccco3)CSC2=C1C#N. The van der Waals surface area contributed by atoms with Crippen LogP contribution in [0.5, 0.6) is 5.75 Å². The number of furan rings is 1. The molecule has 0 aliphatic carbocycles. The number of nitriles is 1. The number of rotatable bonds is 4. The van der Waals surface area contributed by atoms with Crippen molar-refractivity contribution in [2.45, 2.75) is 18.9 Å². The molecule has 1 atom stereocenters. The van der Waals surface area contributed by atoms with Gasteiger partial charge in [-0.2, -0.15) is 5.26 Å².